The van der Waals surface area contributed by atoms with Crippen molar-refractivity contribution in [1.82, 2.24) is 9.97 Å². The molecule has 1 aromatic heterocycles. The third-order valence-corrected chi connectivity index (χ3v) is 3.16. The van der Waals surface area contributed by atoms with Gasteiger partial charge in [-0.05, 0) is 25.5 Å². The van der Waals surface area contributed by atoms with Gasteiger partial charge in [-0.3, -0.25) is 19.9 Å². The fraction of sp³-hybridized carbons (Fsp3) is 0.286. The Labute approximate surface area is 124 Å². The van der Waals surface area contributed by atoms with E-state index in [0.29, 0.717) is 23.4 Å². The van der Waals surface area contributed by atoms with Crippen LogP contribution in [0.2, 0.25) is 0 Å². The van der Waals surface area contributed by atoms with E-state index < -0.39 is 16.2 Å². The summed E-state index contributed by atoms with van der Waals surface area (Å²) in [5.41, 5.74) is 0.138. The van der Waals surface area contributed by atoms with Crippen LogP contribution in [0.1, 0.15) is 23.7 Å². The summed E-state index contributed by atoms with van der Waals surface area (Å²) in [5, 5.41) is 11.1. The lowest BCUT2D eigenvalue weighted by Gasteiger charge is -2.07. The van der Waals surface area contributed by atoms with Crippen LogP contribution in [0.5, 0.6) is 5.75 Å². The molecule has 8 heteroatoms. The molecule has 0 unspecified atom stereocenters. The molecule has 0 aliphatic carbocycles. The number of nitrogens with zero attached hydrogens (tertiary/aromatic N) is 1. The molecule has 0 saturated heterocycles. The molecule has 0 saturated carbocycles. The first-order valence-electron chi connectivity index (χ1n) is 6.64. The molecule has 0 aliphatic heterocycles. The number of hydrogen-bond donors (Lipinski definition) is 2. The molecule has 0 amide bonds. The predicted octanol–water partition coefficient (Wildman–Crippen LogP) is 1.27. The highest BCUT2D eigenvalue weighted by Gasteiger charge is 2.17. The quantitative estimate of drug-likeness (QED) is 0.637. The Hall–Kier alpha value is -2.90. The molecule has 0 spiro atoms. The highest BCUT2D eigenvalue weighted by Crippen LogP contribution is 2.28. The summed E-state index contributed by atoms with van der Waals surface area (Å²) in [4.78, 5) is 38.2. The van der Waals surface area contributed by atoms with Gasteiger partial charge < -0.3 is 9.72 Å². The van der Waals surface area contributed by atoms with Crippen molar-refractivity contribution in [3.8, 4) is 5.75 Å². The van der Waals surface area contributed by atoms with E-state index >= 15 is 0 Å². The zero-order valence-electron chi connectivity index (χ0n) is 12.1. The number of nitro benzene ring substituents is 1. The van der Waals surface area contributed by atoms with Gasteiger partial charge in [-0.15, -0.1) is 0 Å². The zero-order valence-corrected chi connectivity index (χ0v) is 12.1. The van der Waals surface area contributed by atoms with Crippen LogP contribution in [-0.4, -0.2) is 21.5 Å². The third-order valence-electron chi connectivity index (χ3n) is 3.16. The number of aromatic amines is 2. The molecule has 22 heavy (non-hydrogen) atoms. The summed E-state index contributed by atoms with van der Waals surface area (Å²) in [6.45, 7) is 3.66. The van der Waals surface area contributed by atoms with Crippen LogP contribution in [0.4, 0.5) is 5.69 Å². The normalized spacial score (nSPS) is 10.5. The van der Waals surface area contributed by atoms with Crippen molar-refractivity contribution in [3.63, 3.8) is 0 Å². The first-order chi connectivity index (χ1) is 10.4. The maximum Gasteiger partial charge on any atom is 0.325 e. The van der Waals surface area contributed by atoms with Gasteiger partial charge in [0.15, 0.2) is 5.75 Å². The molecule has 1 aromatic carbocycles. The first kappa shape index (κ1) is 15.5. The van der Waals surface area contributed by atoms with Crippen molar-refractivity contribution in [1.29, 1.82) is 0 Å². The number of ether oxygens (including phenoxy) is 1. The van der Waals surface area contributed by atoms with Gasteiger partial charge in [-0.1, -0.05) is 6.07 Å². The molecule has 0 fully saturated rings. The van der Waals surface area contributed by atoms with Gasteiger partial charge in [0.2, 0.25) is 0 Å². The minimum absolute atomic E-state index is 0.155. The summed E-state index contributed by atoms with van der Waals surface area (Å²) < 4.78 is 5.21. The monoisotopic (exact) mass is 305 g/mol. The van der Waals surface area contributed by atoms with Crippen molar-refractivity contribution in [2.24, 2.45) is 0 Å². The lowest BCUT2D eigenvalue weighted by molar-refractivity contribution is -0.385. The SMILES string of the molecule is CCOc1ccc(Cc2c(C)[nH]c(=O)[nH]c2=O)cc1[N+](=O)[O-]. The smallest absolute Gasteiger partial charge is 0.325 e. The molecule has 0 atom stereocenters. The van der Waals surface area contributed by atoms with Gasteiger partial charge in [-0.25, -0.2) is 4.79 Å². The van der Waals surface area contributed by atoms with Gasteiger partial charge in [0, 0.05) is 23.7 Å². The van der Waals surface area contributed by atoms with Gasteiger partial charge >= 0.3 is 11.4 Å². The Kier molecular flexibility index (Phi) is 4.40. The molecule has 0 bridgehead atoms. The molecule has 0 radical (unpaired) electrons. The van der Waals surface area contributed by atoms with Crippen LogP contribution in [0.15, 0.2) is 27.8 Å². The van der Waals surface area contributed by atoms with Crippen LogP contribution in [-0.2, 0) is 6.42 Å². The second-order valence-electron chi connectivity index (χ2n) is 4.68. The largest absolute Gasteiger partial charge is 0.487 e. The van der Waals surface area contributed by atoms with Crippen molar-refractivity contribution >= 4 is 5.69 Å². The molecule has 8 nitrogen and oxygen atoms in total. The van der Waals surface area contributed by atoms with E-state index in [0.717, 1.165) is 0 Å². The van der Waals surface area contributed by atoms with E-state index in [1.807, 2.05) is 0 Å². The second-order valence-corrected chi connectivity index (χ2v) is 4.68. The summed E-state index contributed by atoms with van der Waals surface area (Å²) in [5.74, 6) is 0.184. The van der Waals surface area contributed by atoms with Gasteiger partial charge in [-0.2, -0.15) is 0 Å². The summed E-state index contributed by atoms with van der Waals surface area (Å²) in [6.07, 6.45) is 0.172. The molecule has 2 rings (SSSR count). The standard InChI is InChI=1S/C14H15N3O5/c1-3-22-12-5-4-9(7-11(12)17(20)21)6-10-8(2)15-14(19)16-13(10)18/h4-5,7H,3,6H2,1-2H3,(H2,15,16,18,19). The van der Waals surface area contributed by atoms with E-state index in [1.54, 1.807) is 19.9 Å². The fourth-order valence-corrected chi connectivity index (χ4v) is 2.14. The summed E-state index contributed by atoms with van der Waals surface area (Å²) >= 11 is 0. The number of hydrogen-bond acceptors (Lipinski definition) is 5. The van der Waals surface area contributed by atoms with Crippen LogP contribution in [0.3, 0.4) is 0 Å². The molecule has 2 aromatic rings. The Morgan fingerprint density at radius 2 is 2.00 bits per heavy atom. The Morgan fingerprint density at radius 3 is 2.59 bits per heavy atom. The van der Waals surface area contributed by atoms with E-state index in [9.17, 15) is 19.7 Å². The highest BCUT2D eigenvalue weighted by molar-refractivity contribution is 5.49. The van der Waals surface area contributed by atoms with Crippen molar-refractivity contribution in [2.45, 2.75) is 20.3 Å². The molecular weight excluding hydrogens is 290 g/mol. The van der Waals surface area contributed by atoms with Gasteiger partial charge in [0.05, 0.1) is 11.5 Å². The van der Waals surface area contributed by atoms with Crippen LogP contribution < -0.4 is 16.0 Å². The minimum Gasteiger partial charge on any atom is -0.487 e. The number of benzene rings is 1. The zero-order chi connectivity index (χ0) is 16.3. The second kappa shape index (κ2) is 6.25. The molecule has 1 heterocycles. The number of aromatic nitrogens is 2. The fourth-order valence-electron chi connectivity index (χ4n) is 2.14. The molecule has 116 valence electrons. The molecular formula is C14H15N3O5. The lowest BCUT2D eigenvalue weighted by atomic mass is 10.0. The molecule has 0 aliphatic rings. The topological polar surface area (TPSA) is 118 Å². The van der Waals surface area contributed by atoms with Gasteiger partial charge in [0.25, 0.3) is 5.56 Å². The number of H-pyrrole nitrogens is 2. The maximum absolute atomic E-state index is 11.8. The number of nitro groups is 1. The minimum atomic E-state index is -0.580. The average Bonchev–Trinajstić information content (AvgIpc) is 2.44. The van der Waals surface area contributed by atoms with Crippen molar-refractivity contribution in [3.05, 3.63) is 66.0 Å². The summed E-state index contributed by atoms with van der Waals surface area (Å²) in [6, 6.07) is 4.53. The number of rotatable bonds is 5. The van der Waals surface area contributed by atoms with Crippen LogP contribution in [0.25, 0.3) is 0 Å². The number of nitrogens with one attached hydrogen (secondary N) is 2. The molecule has 2 N–H and O–H groups in total. The predicted molar refractivity (Wildman–Crippen MR) is 79.5 cm³/mol. The van der Waals surface area contributed by atoms with Crippen LogP contribution in [0, 0.1) is 17.0 Å². The van der Waals surface area contributed by atoms with E-state index in [1.165, 1.54) is 12.1 Å². The van der Waals surface area contributed by atoms with Gasteiger partial charge in [0.1, 0.15) is 0 Å². The van der Waals surface area contributed by atoms with Crippen molar-refractivity contribution < 1.29 is 9.66 Å². The Balaban J connectivity index is 2.43. The Bertz CT molecular complexity index is 822. The lowest BCUT2D eigenvalue weighted by Crippen LogP contribution is -2.27. The average molecular weight is 305 g/mol. The summed E-state index contributed by atoms with van der Waals surface area (Å²) in [7, 11) is 0. The van der Waals surface area contributed by atoms with E-state index in [-0.39, 0.29) is 17.9 Å². The van der Waals surface area contributed by atoms with E-state index in [4.69, 9.17) is 4.74 Å². The van der Waals surface area contributed by atoms with Crippen molar-refractivity contribution in [2.75, 3.05) is 6.61 Å². The highest BCUT2D eigenvalue weighted by atomic mass is 16.6. The third kappa shape index (κ3) is 3.22. The first-order valence-corrected chi connectivity index (χ1v) is 6.64. The number of aryl methyl sites for hydroxylation is 1. The maximum atomic E-state index is 11.8. The van der Waals surface area contributed by atoms with Crippen LogP contribution >= 0.6 is 0 Å². The van der Waals surface area contributed by atoms with E-state index in [2.05, 4.69) is 9.97 Å². The Morgan fingerprint density at radius 1 is 1.27 bits per heavy atom.